The van der Waals surface area contributed by atoms with Crippen LogP contribution in [0.5, 0.6) is 0 Å². The van der Waals surface area contributed by atoms with Crippen molar-refractivity contribution in [1.82, 2.24) is 0 Å². The fraction of sp³-hybridized carbons (Fsp3) is 0.923. The normalized spacial score (nSPS) is 32.2. The first-order valence-electron chi connectivity index (χ1n) is 6.22. The molecular weight excluding hydrogens is 236 g/mol. The Kier molecular flexibility index (Phi) is 4.10. The lowest BCUT2D eigenvalue weighted by Crippen LogP contribution is -2.59. The number of ether oxygens (including phenoxy) is 2. The molecule has 2 atom stereocenters. The molecular formula is C13H24O5. The van der Waals surface area contributed by atoms with Gasteiger partial charge in [-0.2, -0.15) is 0 Å². The van der Waals surface area contributed by atoms with Crippen molar-refractivity contribution in [3.05, 3.63) is 0 Å². The topological polar surface area (TPSA) is 76.0 Å². The molecule has 5 nitrogen and oxygen atoms in total. The van der Waals surface area contributed by atoms with Gasteiger partial charge in [0.2, 0.25) is 0 Å². The van der Waals surface area contributed by atoms with Gasteiger partial charge in [-0.1, -0.05) is 20.8 Å². The predicted octanol–water partition coefficient (Wildman–Crippen LogP) is 1.78. The minimum atomic E-state index is -0.903. The molecule has 0 amide bonds. The lowest BCUT2D eigenvalue weighted by molar-refractivity contribution is -0.357. The van der Waals surface area contributed by atoms with Crippen molar-refractivity contribution >= 4 is 5.97 Å². The number of aliphatic hydroxyl groups excluding tert-OH is 1. The number of carboxylic acids is 1. The summed E-state index contributed by atoms with van der Waals surface area (Å²) in [5.41, 5.74) is -1.20. The van der Waals surface area contributed by atoms with E-state index in [1.54, 1.807) is 13.8 Å². The molecule has 0 aliphatic carbocycles. The summed E-state index contributed by atoms with van der Waals surface area (Å²) in [6, 6.07) is 0. The Balaban J connectivity index is 3.12. The van der Waals surface area contributed by atoms with Crippen LogP contribution in [0.3, 0.4) is 0 Å². The molecule has 18 heavy (non-hydrogen) atoms. The number of hydrogen-bond acceptors (Lipinski definition) is 4. The zero-order valence-corrected chi connectivity index (χ0v) is 11.8. The van der Waals surface area contributed by atoms with Gasteiger partial charge in [-0.3, -0.25) is 4.79 Å². The second-order valence-corrected chi connectivity index (χ2v) is 6.44. The van der Waals surface area contributed by atoms with Gasteiger partial charge in [0.1, 0.15) is 0 Å². The van der Waals surface area contributed by atoms with E-state index in [4.69, 9.17) is 14.6 Å². The van der Waals surface area contributed by atoms with Crippen LogP contribution in [0.25, 0.3) is 0 Å². The Bertz CT molecular complexity index is 318. The van der Waals surface area contributed by atoms with Crippen LogP contribution in [0.4, 0.5) is 0 Å². The quantitative estimate of drug-likeness (QED) is 0.809. The van der Waals surface area contributed by atoms with E-state index in [2.05, 4.69) is 0 Å². The molecule has 1 heterocycles. The van der Waals surface area contributed by atoms with E-state index in [9.17, 15) is 9.90 Å². The third-order valence-electron chi connectivity index (χ3n) is 3.46. The molecule has 0 aromatic carbocycles. The van der Waals surface area contributed by atoms with Gasteiger partial charge < -0.3 is 19.7 Å². The van der Waals surface area contributed by atoms with Crippen LogP contribution < -0.4 is 0 Å². The number of rotatable bonds is 3. The van der Waals surface area contributed by atoms with Crippen LogP contribution in [-0.4, -0.2) is 40.3 Å². The largest absolute Gasteiger partial charge is 0.481 e. The molecule has 1 aliphatic rings. The average Bonchev–Trinajstić information content (AvgIpc) is 2.11. The van der Waals surface area contributed by atoms with E-state index in [0.29, 0.717) is 6.42 Å². The minimum absolute atomic E-state index is 0.0974. The summed E-state index contributed by atoms with van der Waals surface area (Å²) in [5.74, 6) is -1.80. The van der Waals surface area contributed by atoms with Crippen LogP contribution >= 0.6 is 0 Å². The molecule has 5 heteroatoms. The Morgan fingerprint density at radius 2 is 1.94 bits per heavy atom. The number of hydrogen-bond donors (Lipinski definition) is 2. The van der Waals surface area contributed by atoms with E-state index < -0.39 is 23.5 Å². The summed E-state index contributed by atoms with van der Waals surface area (Å²) in [6.45, 7) is 9.21. The van der Waals surface area contributed by atoms with Gasteiger partial charge in [0.05, 0.1) is 24.7 Å². The second-order valence-electron chi connectivity index (χ2n) is 6.44. The van der Waals surface area contributed by atoms with Crippen molar-refractivity contribution in [2.24, 2.45) is 5.41 Å². The molecule has 2 unspecified atom stereocenters. The minimum Gasteiger partial charge on any atom is -0.481 e. The Morgan fingerprint density at radius 3 is 2.33 bits per heavy atom. The molecule has 0 aromatic heterocycles. The average molecular weight is 260 g/mol. The molecule has 1 saturated heterocycles. The predicted molar refractivity (Wildman–Crippen MR) is 66.2 cm³/mol. The van der Waals surface area contributed by atoms with Gasteiger partial charge in [0.15, 0.2) is 5.79 Å². The summed E-state index contributed by atoms with van der Waals surface area (Å²) in [7, 11) is 0. The van der Waals surface area contributed by atoms with Crippen LogP contribution in [0.2, 0.25) is 0 Å². The molecule has 0 aromatic rings. The van der Waals surface area contributed by atoms with Crippen molar-refractivity contribution in [1.29, 1.82) is 0 Å². The van der Waals surface area contributed by atoms with Crippen LogP contribution in [0.1, 0.15) is 47.5 Å². The molecule has 0 bridgehead atoms. The van der Waals surface area contributed by atoms with Gasteiger partial charge in [-0.05, 0) is 19.3 Å². The highest BCUT2D eigenvalue weighted by Crippen LogP contribution is 2.47. The number of carboxylic acid groups (broad SMARTS) is 1. The lowest BCUT2D eigenvalue weighted by Gasteiger charge is -2.53. The monoisotopic (exact) mass is 260 g/mol. The zero-order valence-electron chi connectivity index (χ0n) is 11.8. The van der Waals surface area contributed by atoms with Gasteiger partial charge in [-0.15, -0.1) is 0 Å². The SMILES string of the molecule is CC1(C)OC(CO)CC(CC(=O)O)(C(C)(C)C)O1. The number of aliphatic carboxylic acids is 1. The van der Waals surface area contributed by atoms with Crippen molar-refractivity contribution in [2.75, 3.05) is 6.61 Å². The summed E-state index contributed by atoms with van der Waals surface area (Å²) in [5, 5.41) is 18.5. The van der Waals surface area contributed by atoms with E-state index in [1.807, 2.05) is 20.8 Å². The smallest absolute Gasteiger partial charge is 0.306 e. The third-order valence-corrected chi connectivity index (χ3v) is 3.46. The van der Waals surface area contributed by atoms with Crippen molar-refractivity contribution in [2.45, 2.75) is 65.0 Å². The number of carbonyl (C=O) groups is 1. The lowest BCUT2D eigenvalue weighted by atomic mass is 9.70. The molecule has 2 N–H and O–H groups in total. The van der Waals surface area contributed by atoms with Gasteiger partial charge >= 0.3 is 5.97 Å². The van der Waals surface area contributed by atoms with E-state index >= 15 is 0 Å². The van der Waals surface area contributed by atoms with E-state index in [1.165, 1.54) is 0 Å². The van der Waals surface area contributed by atoms with E-state index in [0.717, 1.165) is 0 Å². The first-order valence-corrected chi connectivity index (χ1v) is 6.22. The van der Waals surface area contributed by atoms with Gasteiger partial charge in [0.25, 0.3) is 0 Å². The summed E-state index contributed by atoms with van der Waals surface area (Å²) < 4.78 is 11.5. The van der Waals surface area contributed by atoms with Crippen molar-refractivity contribution in [3.8, 4) is 0 Å². The maximum atomic E-state index is 11.1. The molecule has 0 spiro atoms. The highest BCUT2D eigenvalue weighted by molar-refractivity contribution is 5.68. The zero-order chi connectivity index (χ0) is 14.2. The standard InChI is InChI=1S/C13H24O5/c1-11(2,3)13(7-10(15)16)6-9(8-14)17-12(4,5)18-13/h9,14H,6-8H2,1-5H3,(H,15,16). The molecule has 106 valence electrons. The first-order chi connectivity index (χ1) is 8.01. The molecule has 0 radical (unpaired) electrons. The van der Waals surface area contributed by atoms with Crippen LogP contribution in [0, 0.1) is 5.41 Å². The Morgan fingerprint density at radius 1 is 1.39 bits per heavy atom. The van der Waals surface area contributed by atoms with Gasteiger partial charge in [-0.25, -0.2) is 0 Å². The highest BCUT2D eigenvalue weighted by atomic mass is 16.7. The first kappa shape index (κ1) is 15.4. The molecule has 0 saturated carbocycles. The molecule has 1 rings (SSSR count). The molecule has 1 aliphatic heterocycles. The fourth-order valence-corrected chi connectivity index (χ4v) is 2.53. The van der Waals surface area contributed by atoms with Crippen molar-refractivity contribution < 1.29 is 24.5 Å². The van der Waals surface area contributed by atoms with Crippen LogP contribution in [0.15, 0.2) is 0 Å². The fourth-order valence-electron chi connectivity index (χ4n) is 2.53. The summed E-state index contributed by atoms with van der Waals surface area (Å²) >= 11 is 0. The van der Waals surface area contributed by atoms with Crippen LogP contribution in [-0.2, 0) is 14.3 Å². The third kappa shape index (κ3) is 3.22. The summed E-state index contributed by atoms with van der Waals surface area (Å²) in [4.78, 5) is 11.1. The maximum absolute atomic E-state index is 11.1. The van der Waals surface area contributed by atoms with Crippen molar-refractivity contribution in [3.63, 3.8) is 0 Å². The second kappa shape index (κ2) is 4.79. The summed E-state index contributed by atoms with van der Waals surface area (Å²) in [6.07, 6.45) is -0.116. The Labute approximate surface area is 108 Å². The number of aliphatic hydroxyl groups is 1. The Hall–Kier alpha value is -0.650. The molecule has 1 fully saturated rings. The highest BCUT2D eigenvalue weighted by Gasteiger charge is 2.53. The maximum Gasteiger partial charge on any atom is 0.306 e. The van der Waals surface area contributed by atoms with E-state index in [-0.39, 0.29) is 18.4 Å². The van der Waals surface area contributed by atoms with Gasteiger partial charge in [0, 0.05) is 6.42 Å².